The molecule has 29 heavy (non-hydrogen) atoms. The molecule has 2 N–H and O–H groups in total. The first-order chi connectivity index (χ1) is 13.7. The molecule has 0 fully saturated rings. The highest BCUT2D eigenvalue weighted by atomic mass is 16.7. The molecule has 2 aromatic rings. The molecule has 2 aromatic carbocycles. The normalized spacial score (nSPS) is 11.4. The lowest BCUT2D eigenvalue weighted by molar-refractivity contribution is -0.0974. The Bertz CT molecular complexity index is 804. The first-order valence-electron chi connectivity index (χ1n) is 9.56. The summed E-state index contributed by atoms with van der Waals surface area (Å²) in [5.41, 5.74) is 3.30. The Hall–Kier alpha value is -2.70. The van der Waals surface area contributed by atoms with Gasteiger partial charge in [-0.15, -0.1) is 0 Å². The standard InChI is InChI=1S/C23H30N2O4/c1-23(2,3)19-12-10-18(11-13-19)21(26)24-14-16-6-8-17(9-7-16)22(27)25-15-20(28-4)29-5/h6-13,20H,14-15H2,1-5H3,(H,24,26)(H,25,27). The number of methoxy groups -OCH3 is 2. The first kappa shape index (κ1) is 22.6. The average Bonchev–Trinajstić information content (AvgIpc) is 2.72. The molecule has 156 valence electrons. The van der Waals surface area contributed by atoms with Gasteiger partial charge in [0.15, 0.2) is 6.29 Å². The van der Waals surface area contributed by atoms with E-state index in [1.54, 1.807) is 12.1 Å². The molecule has 0 aliphatic rings. The maximum Gasteiger partial charge on any atom is 0.251 e. The van der Waals surface area contributed by atoms with Gasteiger partial charge in [-0.25, -0.2) is 0 Å². The minimum Gasteiger partial charge on any atom is -0.354 e. The van der Waals surface area contributed by atoms with E-state index in [2.05, 4.69) is 31.4 Å². The monoisotopic (exact) mass is 398 g/mol. The number of rotatable bonds is 8. The van der Waals surface area contributed by atoms with E-state index in [0.717, 1.165) is 5.56 Å². The maximum atomic E-state index is 12.4. The molecule has 0 heterocycles. The zero-order chi connectivity index (χ0) is 21.4. The third-order valence-electron chi connectivity index (χ3n) is 4.64. The fraction of sp³-hybridized carbons (Fsp3) is 0.391. The minimum atomic E-state index is -0.481. The van der Waals surface area contributed by atoms with Crippen molar-refractivity contribution >= 4 is 11.8 Å². The quantitative estimate of drug-likeness (QED) is 0.669. The van der Waals surface area contributed by atoms with Crippen LogP contribution >= 0.6 is 0 Å². The van der Waals surface area contributed by atoms with Gasteiger partial charge in [0.2, 0.25) is 0 Å². The molecule has 0 aliphatic heterocycles. The smallest absolute Gasteiger partial charge is 0.251 e. The number of hydrogen-bond acceptors (Lipinski definition) is 4. The van der Waals surface area contributed by atoms with Crippen LogP contribution in [0.3, 0.4) is 0 Å². The number of amides is 2. The third-order valence-corrected chi connectivity index (χ3v) is 4.64. The van der Waals surface area contributed by atoms with Crippen LogP contribution in [-0.4, -0.2) is 38.9 Å². The van der Waals surface area contributed by atoms with Crippen molar-refractivity contribution in [3.63, 3.8) is 0 Å². The number of hydrogen-bond donors (Lipinski definition) is 2. The second-order valence-corrected chi connectivity index (χ2v) is 7.82. The lowest BCUT2D eigenvalue weighted by atomic mass is 9.87. The van der Waals surface area contributed by atoms with E-state index in [1.165, 1.54) is 19.8 Å². The minimum absolute atomic E-state index is 0.0527. The van der Waals surface area contributed by atoms with Crippen molar-refractivity contribution in [2.45, 2.75) is 39.0 Å². The Morgan fingerprint density at radius 3 is 1.79 bits per heavy atom. The van der Waals surface area contributed by atoms with Crippen LogP contribution in [0, 0.1) is 0 Å². The van der Waals surface area contributed by atoms with Gasteiger partial charge >= 0.3 is 0 Å². The SMILES string of the molecule is COC(CNC(=O)c1ccc(CNC(=O)c2ccc(C(C)(C)C)cc2)cc1)OC. The summed E-state index contributed by atoms with van der Waals surface area (Å²) in [6, 6.07) is 14.8. The molecule has 0 aliphatic carbocycles. The number of carbonyl (C=O) groups is 2. The fourth-order valence-electron chi connectivity index (χ4n) is 2.72. The van der Waals surface area contributed by atoms with Gasteiger partial charge < -0.3 is 20.1 Å². The molecule has 0 atom stereocenters. The van der Waals surface area contributed by atoms with Crippen LogP contribution in [0.4, 0.5) is 0 Å². The van der Waals surface area contributed by atoms with Gasteiger partial charge in [0.05, 0.1) is 6.54 Å². The van der Waals surface area contributed by atoms with Gasteiger partial charge in [0, 0.05) is 31.9 Å². The Labute approximate surface area is 172 Å². The molecule has 0 saturated carbocycles. The van der Waals surface area contributed by atoms with Crippen molar-refractivity contribution in [2.75, 3.05) is 20.8 Å². The van der Waals surface area contributed by atoms with Gasteiger partial charge in [0.1, 0.15) is 0 Å². The van der Waals surface area contributed by atoms with Crippen molar-refractivity contribution in [1.29, 1.82) is 0 Å². The summed E-state index contributed by atoms with van der Waals surface area (Å²) >= 11 is 0. The molecule has 2 rings (SSSR count). The van der Waals surface area contributed by atoms with E-state index >= 15 is 0 Å². The Balaban J connectivity index is 1.88. The zero-order valence-corrected chi connectivity index (χ0v) is 17.7. The van der Waals surface area contributed by atoms with E-state index < -0.39 is 6.29 Å². The van der Waals surface area contributed by atoms with Gasteiger partial charge in [-0.3, -0.25) is 9.59 Å². The highest BCUT2D eigenvalue weighted by molar-refractivity contribution is 5.95. The summed E-state index contributed by atoms with van der Waals surface area (Å²) in [6.07, 6.45) is -0.481. The van der Waals surface area contributed by atoms with Crippen molar-refractivity contribution in [3.05, 3.63) is 70.8 Å². The summed E-state index contributed by atoms with van der Waals surface area (Å²) in [6.45, 7) is 7.06. The predicted molar refractivity (Wildman–Crippen MR) is 113 cm³/mol. The third kappa shape index (κ3) is 6.69. The summed E-state index contributed by atoms with van der Waals surface area (Å²) in [4.78, 5) is 24.5. The lowest BCUT2D eigenvalue weighted by Gasteiger charge is -2.19. The van der Waals surface area contributed by atoms with Crippen molar-refractivity contribution in [3.8, 4) is 0 Å². The molecule has 0 unspecified atom stereocenters. The van der Waals surface area contributed by atoms with Crippen LogP contribution in [0.2, 0.25) is 0 Å². The average molecular weight is 399 g/mol. The van der Waals surface area contributed by atoms with Crippen LogP contribution in [0.15, 0.2) is 48.5 Å². The van der Waals surface area contributed by atoms with Crippen LogP contribution < -0.4 is 10.6 Å². The van der Waals surface area contributed by atoms with Crippen molar-refractivity contribution in [2.24, 2.45) is 0 Å². The molecule has 6 nitrogen and oxygen atoms in total. The molecule has 2 amide bonds. The van der Waals surface area contributed by atoms with Gasteiger partial charge in [-0.05, 0) is 40.8 Å². The van der Waals surface area contributed by atoms with Crippen LogP contribution in [0.5, 0.6) is 0 Å². The van der Waals surface area contributed by atoms with E-state index in [4.69, 9.17) is 9.47 Å². The zero-order valence-electron chi connectivity index (χ0n) is 17.7. The van der Waals surface area contributed by atoms with Crippen molar-refractivity contribution in [1.82, 2.24) is 10.6 Å². The molecular formula is C23H30N2O4. The summed E-state index contributed by atoms with van der Waals surface area (Å²) in [5.74, 6) is -0.337. The summed E-state index contributed by atoms with van der Waals surface area (Å²) in [5, 5.41) is 5.65. The maximum absolute atomic E-state index is 12.4. The highest BCUT2D eigenvalue weighted by Crippen LogP contribution is 2.22. The van der Waals surface area contributed by atoms with E-state index in [1.807, 2.05) is 36.4 Å². The van der Waals surface area contributed by atoms with E-state index in [-0.39, 0.29) is 23.8 Å². The number of ether oxygens (including phenoxy) is 2. The van der Waals surface area contributed by atoms with Gasteiger partial charge in [0.25, 0.3) is 11.8 Å². The number of nitrogens with one attached hydrogen (secondary N) is 2. The molecule has 0 radical (unpaired) electrons. The van der Waals surface area contributed by atoms with Crippen LogP contribution in [-0.2, 0) is 21.4 Å². The van der Waals surface area contributed by atoms with Crippen LogP contribution in [0.25, 0.3) is 0 Å². The molecule has 0 saturated heterocycles. The van der Waals surface area contributed by atoms with Crippen LogP contribution in [0.1, 0.15) is 52.6 Å². The lowest BCUT2D eigenvalue weighted by Crippen LogP contribution is -2.34. The second kappa shape index (κ2) is 10.2. The topological polar surface area (TPSA) is 76.7 Å². The van der Waals surface area contributed by atoms with E-state index in [9.17, 15) is 9.59 Å². The molecule has 6 heteroatoms. The molecule has 0 aromatic heterocycles. The Morgan fingerprint density at radius 2 is 1.31 bits per heavy atom. The molecule has 0 bridgehead atoms. The largest absolute Gasteiger partial charge is 0.354 e. The molecular weight excluding hydrogens is 368 g/mol. The highest BCUT2D eigenvalue weighted by Gasteiger charge is 2.14. The predicted octanol–water partition coefficient (Wildman–Crippen LogP) is 3.26. The number of benzene rings is 2. The van der Waals surface area contributed by atoms with Crippen molar-refractivity contribution < 1.29 is 19.1 Å². The second-order valence-electron chi connectivity index (χ2n) is 7.82. The van der Waals surface area contributed by atoms with E-state index in [0.29, 0.717) is 17.7 Å². The Kier molecular flexibility index (Phi) is 7.93. The first-order valence-corrected chi connectivity index (χ1v) is 9.56. The number of carbonyl (C=O) groups excluding carboxylic acids is 2. The summed E-state index contributed by atoms with van der Waals surface area (Å²) < 4.78 is 10.1. The molecule has 0 spiro atoms. The fourth-order valence-corrected chi connectivity index (χ4v) is 2.72. The summed E-state index contributed by atoms with van der Waals surface area (Å²) in [7, 11) is 3.03. The van der Waals surface area contributed by atoms with Gasteiger partial charge in [-0.2, -0.15) is 0 Å². The van der Waals surface area contributed by atoms with Gasteiger partial charge in [-0.1, -0.05) is 45.0 Å². The Morgan fingerprint density at radius 1 is 0.828 bits per heavy atom.